The fourth-order valence-corrected chi connectivity index (χ4v) is 1.63. The summed E-state index contributed by atoms with van der Waals surface area (Å²) in [5.41, 5.74) is 0.749. The summed E-state index contributed by atoms with van der Waals surface area (Å²) in [4.78, 5) is 22.1. The summed E-state index contributed by atoms with van der Waals surface area (Å²) in [6, 6.07) is 1.94. The minimum absolute atomic E-state index is 0.136. The van der Waals surface area contributed by atoms with Gasteiger partial charge in [0.1, 0.15) is 5.69 Å². The molecule has 1 N–H and O–H groups in total. The van der Waals surface area contributed by atoms with E-state index in [1.54, 1.807) is 12.5 Å². The van der Waals surface area contributed by atoms with E-state index >= 15 is 0 Å². The maximum Gasteiger partial charge on any atom is 0.251 e. The van der Waals surface area contributed by atoms with E-state index in [9.17, 15) is 4.79 Å². The molecule has 0 radical (unpaired) electrons. The molecule has 1 saturated carbocycles. The molecule has 0 amide bonds. The maximum absolute atomic E-state index is 11.2. The molecule has 3 rings (SSSR count). The Bertz CT molecular complexity index is 538. The van der Waals surface area contributed by atoms with Gasteiger partial charge >= 0.3 is 0 Å². The average Bonchev–Trinajstić information content (AvgIpc) is 2.96. The number of hydrogen-bond acceptors (Lipinski definition) is 3. The van der Waals surface area contributed by atoms with E-state index in [1.807, 2.05) is 0 Å². The Hall–Kier alpha value is -1.91. The van der Waals surface area contributed by atoms with Gasteiger partial charge in [0.25, 0.3) is 5.56 Å². The van der Waals surface area contributed by atoms with Crippen LogP contribution in [0.4, 0.5) is 0 Å². The lowest BCUT2D eigenvalue weighted by atomic mass is 10.4. The fourth-order valence-electron chi connectivity index (χ4n) is 1.63. The molecule has 1 aliphatic rings. The zero-order valence-corrected chi connectivity index (χ0v) is 8.05. The molecule has 1 aliphatic carbocycles. The monoisotopic (exact) mass is 202 g/mol. The van der Waals surface area contributed by atoms with Crippen molar-refractivity contribution >= 4 is 0 Å². The predicted molar refractivity (Wildman–Crippen MR) is 54.3 cm³/mol. The molecular weight excluding hydrogens is 192 g/mol. The zero-order chi connectivity index (χ0) is 10.3. The number of aromatic amines is 1. The van der Waals surface area contributed by atoms with Gasteiger partial charge in [0.15, 0.2) is 5.82 Å². The van der Waals surface area contributed by atoms with Crippen LogP contribution in [-0.4, -0.2) is 19.5 Å². The summed E-state index contributed by atoms with van der Waals surface area (Å²) in [6.07, 6.45) is 7.40. The lowest BCUT2D eigenvalue weighted by Gasteiger charge is -2.04. The topological polar surface area (TPSA) is 63.6 Å². The third-order valence-electron chi connectivity index (χ3n) is 2.52. The van der Waals surface area contributed by atoms with Crippen molar-refractivity contribution in [3.63, 3.8) is 0 Å². The van der Waals surface area contributed by atoms with Crippen LogP contribution in [-0.2, 0) is 0 Å². The Morgan fingerprint density at radius 2 is 2.33 bits per heavy atom. The molecule has 0 spiro atoms. The number of nitrogens with zero attached hydrogens (tertiary/aromatic N) is 3. The molecular formula is C10H10N4O. The molecule has 5 nitrogen and oxygen atoms in total. The van der Waals surface area contributed by atoms with E-state index in [0.717, 1.165) is 5.69 Å². The van der Waals surface area contributed by atoms with E-state index in [1.165, 1.54) is 25.1 Å². The molecule has 15 heavy (non-hydrogen) atoms. The summed E-state index contributed by atoms with van der Waals surface area (Å²) >= 11 is 0. The van der Waals surface area contributed by atoms with Gasteiger partial charge < -0.3 is 9.55 Å². The van der Waals surface area contributed by atoms with E-state index < -0.39 is 0 Å². The highest BCUT2D eigenvalue weighted by Crippen LogP contribution is 2.37. The van der Waals surface area contributed by atoms with Crippen LogP contribution in [0.15, 0.2) is 29.6 Å². The first-order valence-electron chi connectivity index (χ1n) is 4.92. The maximum atomic E-state index is 11.2. The normalized spacial score (nSPS) is 15.5. The second-order valence-electron chi connectivity index (χ2n) is 3.70. The Morgan fingerprint density at radius 1 is 1.47 bits per heavy atom. The van der Waals surface area contributed by atoms with Crippen molar-refractivity contribution in [2.75, 3.05) is 0 Å². The van der Waals surface area contributed by atoms with Crippen molar-refractivity contribution in [3.8, 4) is 11.5 Å². The molecule has 0 saturated heterocycles. The third-order valence-corrected chi connectivity index (χ3v) is 2.52. The largest absolute Gasteiger partial charge is 0.325 e. The van der Waals surface area contributed by atoms with Crippen molar-refractivity contribution in [3.05, 3.63) is 35.1 Å². The van der Waals surface area contributed by atoms with Gasteiger partial charge in [-0.2, -0.15) is 0 Å². The van der Waals surface area contributed by atoms with Crippen LogP contribution in [0.2, 0.25) is 0 Å². The molecule has 0 aliphatic heterocycles. The zero-order valence-electron chi connectivity index (χ0n) is 8.05. The highest BCUT2D eigenvalue weighted by molar-refractivity contribution is 5.48. The van der Waals surface area contributed by atoms with Crippen molar-refractivity contribution in [2.45, 2.75) is 18.9 Å². The van der Waals surface area contributed by atoms with E-state index in [-0.39, 0.29) is 5.56 Å². The third kappa shape index (κ3) is 1.45. The molecule has 2 aromatic heterocycles. The number of H-pyrrole nitrogens is 1. The molecule has 2 heterocycles. The highest BCUT2D eigenvalue weighted by Gasteiger charge is 2.26. The fraction of sp³-hybridized carbons (Fsp3) is 0.300. The quantitative estimate of drug-likeness (QED) is 0.789. The number of nitrogens with one attached hydrogen (secondary N) is 1. The summed E-state index contributed by atoms with van der Waals surface area (Å²) in [5, 5.41) is 0. The minimum atomic E-state index is -0.136. The lowest BCUT2D eigenvalue weighted by molar-refractivity contribution is 0.742. The van der Waals surface area contributed by atoms with Crippen molar-refractivity contribution in [2.24, 2.45) is 0 Å². The standard InChI is InChI=1S/C10H10N4O/c15-9-3-4-12-10(13-9)8-5-11-6-14(8)7-1-2-7/h3-7H,1-2H2,(H,12,13,15). The van der Waals surface area contributed by atoms with Crippen LogP contribution < -0.4 is 5.56 Å². The van der Waals surface area contributed by atoms with Gasteiger partial charge in [-0.15, -0.1) is 0 Å². The van der Waals surface area contributed by atoms with Crippen LogP contribution in [0.1, 0.15) is 18.9 Å². The average molecular weight is 202 g/mol. The van der Waals surface area contributed by atoms with Crippen LogP contribution in [0.3, 0.4) is 0 Å². The molecule has 0 aromatic carbocycles. The number of hydrogen-bond donors (Lipinski definition) is 1. The summed E-state index contributed by atoms with van der Waals surface area (Å²) < 4.78 is 2.07. The highest BCUT2D eigenvalue weighted by atomic mass is 16.1. The molecule has 0 unspecified atom stereocenters. The van der Waals surface area contributed by atoms with E-state index in [4.69, 9.17) is 0 Å². The molecule has 2 aromatic rings. The van der Waals surface area contributed by atoms with Gasteiger partial charge in [0.2, 0.25) is 0 Å². The SMILES string of the molecule is O=c1ccnc(-c2cncn2C2CC2)[nH]1. The van der Waals surface area contributed by atoms with Crippen molar-refractivity contribution < 1.29 is 0 Å². The molecule has 0 atom stereocenters. The van der Waals surface area contributed by atoms with Gasteiger partial charge in [-0.05, 0) is 12.8 Å². The van der Waals surface area contributed by atoms with Gasteiger partial charge in [-0.3, -0.25) is 4.79 Å². The number of aromatic nitrogens is 4. The summed E-state index contributed by atoms with van der Waals surface area (Å²) in [7, 11) is 0. The Labute approximate surface area is 85.8 Å². The first kappa shape index (κ1) is 8.40. The van der Waals surface area contributed by atoms with Crippen molar-refractivity contribution in [1.82, 2.24) is 19.5 Å². The second kappa shape index (κ2) is 3.05. The Kier molecular flexibility index (Phi) is 1.71. The second-order valence-corrected chi connectivity index (χ2v) is 3.70. The number of rotatable bonds is 2. The van der Waals surface area contributed by atoms with Crippen LogP contribution in [0.25, 0.3) is 11.5 Å². The predicted octanol–water partition coefficient (Wildman–Crippen LogP) is 0.968. The summed E-state index contributed by atoms with van der Waals surface area (Å²) in [5.74, 6) is 0.590. The molecule has 5 heteroatoms. The van der Waals surface area contributed by atoms with E-state index in [2.05, 4.69) is 19.5 Å². The van der Waals surface area contributed by atoms with Gasteiger partial charge in [-0.25, -0.2) is 9.97 Å². The first-order chi connectivity index (χ1) is 7.34. The molecule has 0 bridgehead atoms. The first-order valence-corrected chi connectivity index (χ1v) is 4.92. The number of imidazole rings is 1. The van der Waals surface area contributed by atoms with Crippen LogP contribution >= 0.6 is 0 Å². The van der Waals surface area contributed by atoms with Gasteiger partial charge in [0.05, 0.1) is 12.5 Å². The Morgan fingerprint density at radius 3 is 3.07 bits per heavy atom. The van der Waals surface area contributed by atoms with Gasteiger partial charge in [0, 0.05) is 18.3 Å². The molecule has 76 valence electrons. The smallest absolute Gasteiger partial charge is 0.251 e. The Balaban J connectivity index is 2.11. The van der Waals surface area contributed by atoms with E-state index in [0.29, 0.717) is 11.9 Å². The minimum Gasteiger partial charge on any atom is -0.325 e. The van der Waals surface area contributed by atoms with Gasteiger partial charge in [-0.1, -0.05) is 0 Å². The van der Waals surface area contributed by atoms with Crippen molar-refractivity contribution in [1.29, 1.82) is 0 Å². The lowest BCUT2D eigenvalue weighted by Crippen LogP contribution is -2.08. The van der Waals surface area contributed by atoms with Crippen LogP contribution in [0, 0.1) is 0 Å². The molecule has 1 fully saturated rings. The summed E-state index contributed by atoms with van der Waals surface area (Å²) in [6.45, 7) is 0. The van der Waals surface area contributed by atoms with Crippen LogP contribution in [0.5, 0.6) is 0 Å².